The number of rotatable bonds is 1. The second-order valence-corrected chi connectivity index (χ2v) is 5.38. The third kappa shape index (κ3) is 1.97. The molecule has 0 saturated heterocycles. The first-order chi connectivity index (χ1) is 9.18. The van der Waals surface area contributed by atoms with Gasteiger partial charge in [0, 0.05) is 23.1 Å². The van der Waals surface area contributed by atoms with Crippen LogP contribution in [0.5, 0.6) is 0 Å². The van der Waals surface area contributed by atoms with Crippen LogP contribution in [0.3, 0.4) is 0 Å². The van der Waals surface area contributed by atoms with Crippen molar-refractivity contribution in [3.05, 3.63) is 53.6 Å². The Labute approximate surface area is 114 Å². The van der Waals surface area contributed by atoms with E-state index in [0.717, 1.165) is 12.1 Å². The quantitative estimate of drug-likeness (QED) is 0.776. The summed E-state index contributed by atoms with van der Waals surface area (Å²) >= 11 is 0. The zero-order valence-electron chi connectivity index (χ0n) is 11.6. The van der Waals surface area contributed by atoms with Gasteiger partial charge in [0.15, 0.2) is 0 Å². The largest absolute Gasteiger partial charge is 0.398 e. The molecular formula is C17H20N2. The van der Waals surface area contributed by atoms with E-state index in [2.05, 4.69) is 49.1 Å². The molecule has 1 aliphatic rings. The molecular weight excluding hydrogens is 232 g/mol. The molecule has 2 nitrogen and oxygen atoms in total. The number of aryl methyl sites for hydroxylation is 1. The van der Waals surface area contributed by atoms with Crippen molar-refractivity contribution >= 4 is 17.1 Å². The molecule has 0 amide bonds. The van der Waals surface area contributed by atoms with Crippen molar-refractivity contribution in [2.75, 3.05) is 10.6 Å². The Morgan fingerprint density at radius 2 is 1.79 bits per heavy atom. The van der Waals surface area contributed by atoms with Gasteiger partial charge in [0.1, 0.15) is 0 Å². The normalized spacial score (nSPS) is 18.2. The predicted molar refractivity (Wildman–Crippen MR) is 82.0 cm³/mol. The second-order valence-electron chi connectivity index (χ2n) is 5.38. The summed E-state index contributed by atoms with van der Waals surface area (Å²) in [6.07, 6.45) is 2.35. The standard InChI is InChI=1S/C17H20N2/c1-12-10-11-14-6-3-4-8-17(14)19(12)16-9-5-7-15(18)13(16)2/h3-9,12H,10-11,18H2,1-2H3. The van der Waals surface area contributed by atoms with Crippen LogP contribution >= 0.6 is 0 Å². The molecule has 2 aromatic carbocycles. The van der Waals surface area contributed by atoms with E-state index < -0.39 is 0 Å². The Kier molecular flexibility index (Phi) is 2.94. The molecule has 1 unspecified atom stereocenters. The molecule has 1 atom stereocenters. The summed E-state index contributed by atoms with van der Waals surface area (Å²) in [7, 11) is 0. The molecule has 1 heterocycles. The maximum atomic E-state index is 6.07. The van der Waals surface area contributed by atoms with Gasteiger partial charge in [-0.2, -0.15) is 0 Å². The van der Waals surface area contributed by atoms with Crippen LogP contribution in [0.15, 0.2) is 42.5 Å². The second kappa shape index (κ2) is 4.61. The minimum Gasteiger partial charge on any atom is -0.398 e. The number of fused-ring (bicyclic) bond motifs is 1. The topological polar surface area (TPSA) is 29.3 Å². The summed E-state index contributed by atoms with van der Waals surface area (Å²) in [5.41, 5.74) is 12.1. The molecule has 2 N–H and O–H groups in total. The van der Waals surface area contributed by atoms with Crippen LogP contribution in [-0.2, 0) is 6.42 Å². The first kappa shape index (κ1) is 12.1. The van der Waals surface area contributed by atoms with E-state index in [1.807, 2.05) is 12.1 Å². The smallest absolute Gasteiger partial charge is 0.0463 e. The molecule has 0 radical (unpaired) electrons. The number of nitrogen functional groups attached to an aromatic ring is 1. The van der Waals surface area contributed by atoms with Crippen LogP contribution in [0.2, 0.25) is 0 Å². The number of hydrogen-bond acceptors (Lipinski definition) is 2. The van der Waals surface area contributed by atoms with Gasteiger partial charge in [-0.15, -0.1) is 0 Å². The zero-order chi connectivity index (χ0) is 13.4. The van der Waals surface area contributed by atoms with E-state index >= 15 is 0 Å². The summed E-state index contributed by atoms with van der Waals surface area (Å²) < 4.78 is 0. The summed E-state index contributed by atoms with van der Waals surface area (Å²) in [6.45, 7) is 4.40. The summed E-state index contributed by atoms with van der Waals surface area (Å²) in [6, 6.07) is 15.4. The molecule has 0 aliphatic carbocycles. The minimum absolute atomic E-state index is 0.510. The first-order valence-corrected chi connectivity index (χ1v) is 6.90. The molecule has 0 saturated carbocycles. The molecule has 0 fully saturated rings. The lowest BCUT2D eigenvalue weighted by Gasteiger charge is -2.38. The molecule has 19 heavy (non-hydrogen) atoms. The van der Waals surface area contributed by atoms with Gasteiger partial charge < -0.3 is 10.6 Å². The summed E-state index contributed by atoms with van der Waals surface area (Å²) in [5.74, 6) is 0. The van der Waals surface area contributed by atoms with Crippen molar-refractivity contribution in [3.63, 3.8) is 0 Å². The highest BCUT2D eigenvalue weighted by Crippen LogP contribution is 2.39. The zero-order valence-corrected chi connectivity index (χ0v) is 11.6. The molecule has 2 heteroatoms. The molecule has 0 aromatic heterocycles. The molecule has 2 aromatic rings. The predicted octanol–water partition coefficient (Wildman–Crippen LogP) is 4.05. The van der Waals surface area contributed by atoms with Crippen LogP contribution in [0.1, 0.15) is 24.5 Å². The van der Waals surface area contributed by atoms with Crippen LogP contribution in [0, 0.1) is 6.92 Å². The fourth-order valence-electron chi connectivity index (χ4n) is 2.96. The highest BCUT2D eigenvalue weighted by atomic mass is 15.2. The lowest BCUT2D eigenvalue weighted by Crippen LogP contribution is -2.33. The van der Waals surface area contributed by atoms with Gasteiger partial charge in [0.05, 0.1) is 0 Å². The van der Waals surface area contributed by atoms with Crippen LogP contribution in [-0.4, -0.2) is 6.04 Å². The Morgan fingerprint density at radius 3 is 2.63 bits per heavy atom. The van der Waals surface area contributed by atoms with Crippen LogP contribution in [0.25, 0.3) is 0 Å². The van der Waals surface area contributed by atoms with Gasteiger partial charge in [-0.25, -0.2) is 0 Å². The van der Waals surface area contributed by atoms with Gasteiger partial charge in [-0.3, -0.25) is 0 Å². The number of benzene rings is 2. The van der Waals surface area contributed by atoms with Gasteiger partial charge in [-0.05, 0) is 56.0 Å². The number of anilines is 3. The van der Waals surface area contributed by atoms with E-state index in [1.54, 1.807) is 0 Å². The summed E-state index contributed by atoms with van der Waals surface area (Å²) in [4.78, 5) is 2.44. The maximum Gasteiger partial charge on any atom is 0.0463 e. The molecule has 0 bridgehead atoms. The maximum absolute atomic E-state index is 6.07. The van der Waals surface area contributed by atoms with Gasteiger partial charge in [0.2, 0.25) is 0 Å². The van der Waals surface area contributed by atoms with Gasteiger partial charge in [-0.1, -0.05) is 24.3 Å². The Hall–Kier alpha value is -1.96. The minimum atomic E-state index is 0.510. The Balaban J connectivity index is 2.16. The Bertz CT molecular complexity index is 604. The third-order valence-electron chi connectivity index (χ3n) is 4.13. The van der Waals surface area contributed by atoms with E-state index in [1.165, 1.54) is 28.9 Å². The highest BCUT2D eigenvalue weighted by Gasteiger charge is 2.25. The molecule has 1 aliphatic heterocycles. The Morgan fingerprint density at radius 1 is 1.05 bits per heavy atom. The fraction of sp³-hybridized carbons (Fsp3) is 0.294. The van der Waals surface area contributed by atoms with Crippen molar-refractivity contribution in [2.45, 2.75) is 32.7 Å². The number of nitrogens with two attached hydrogens (primary N) is 1. The van der Waals surface area contributed by atoms with Crippen molar-refractivity contribution in [2.24, 2.45) is 0 Å². The third-order valence-corrected chi connectivity index (χ3v) is 4.13. The lowest BCUT2D eigenvalue weighted by atomic mass is 9.95. The molecule has 0 spiro atoms. The monoisotopic (exact) mass is 252 g/mol. The van der Waals surface area contributed by atoms with E-state index in [9.17, 15) is 0 Å². The van der Waals surface area contributed by atoms with Crippen molar-refractivity contribution in [3.8, 4) is 0 Å². The van der Waals surface area contributed by atoms with Gasteiger partial charge in [0.25, 0.3) is 0 Å². The van der Waals surface area contributed by atoms with E-state index in [0.29, 0.717) is 6.04 Å². The van der Waals surface area contributed by atoms with Crippen LogP contribution < -0.4 is 10.6 Å². The number of nitrogens with zero attached hydrogens (tertiary/aromatic N) is 1. The highest BCUT2D eigenvalue weighted by molar-refractivity contribution is 5.74. The average molecular weight is 252 g/mol. The van der Waals surface area contributed by atoms with Crippen molar-refractivity contribution in [1.29, 1.82) is 0 Å². The fourth-order valence-corrected chi connectivity index (χ4v) is 2.96. The number of para-hydroxylation sites is 1. The lowest BCUT2D eigenvalue weighted by molar-refractivity contribution is 0.617. The SMILES string of the molecule is Cc1c(N)cccc1N1c2ccccc2CCC1C. The molecule has 98 valence electrons. The van der Waals surface area contributed by atoms with Crippen molar-refractivity contribution in [1.82, 2.24) is 0 Å². The summed E-state index contributed by atoms with van der Waals surface area (Å²) in [5, 5.41) is 0. The van der Waals surface area contributed by atoms with Gasteiger partial charge >= 0.3 is 0 Å². The van der Waals surface area contributed by atoms with E-state index in [-0.39, 0.29) is 0 Å². The number of hydrogen-bond donors (Lipinski definition) is 1. The average Bonchev–Trinajstić information content (AvgIpc) is 2.43. The van der Waals surface area contributed by atoms with E-state index in [4.69, 9.17) is 5.73 Å². The first-order valence-electron chi connectivity index (χ1n) is 6.90. The van der Waals surface area contributed by atoms with Crippen molar-refractivity contribution < 1.29 is 0 Å². The molecule has 3 rings (SSSR count). The van der Waals surface area contributed by atoms with Crippen LogP contribution in [0.4, 0.5) is 17.1 Å².